The summed E-state index contributed by atoms with van der Waals surface area (Å²) in [4.78, 5) is 27.4. The van der Waals surface area contributed by atoms with Crippen molar-refractivity contribution < 1.29 is 9.59 Å². The van der Waals surface area contributed by atoms with E-state index in [0.29, 0.717) is 39.5 Å². The molecule has 0 radical (unpaired) electrons. The lowest BCUT2D eigenvalue weighted by Crippen LogP contribution is -2.32. The monoisotopic (exact) mass is 503 g/mol. The van der Waals surface area contributed by atoms with E-state index in [9.17, 15) is 9.59 Å². The molecule has 1 aliphatic rings. The molecule has 172 valence electrons. The SMILES string of the molecule is CCn1c(SCC(=O)Nc2ccccc2Cl)nnc1C1CCCN1C(=O)c1ccc(Cl)cc1. The second-order valence-corrected chi connectivity index (χ2v) is 9.35. The van der Waals surface area contributed by atoms with E-state index in [1.165, 1.54) is 11.8 Å². The number of nitrogens with zero attached hydrogens (tertiary/aromatic N) is 4. The molecule has 10 heteroatoms. The number of nitrogens with one attached hydrogen (secondary N) is 1. The first-order valence-electron chi connectivity index (χ1n) is 10.6. The highest BCUT2D eigenvalue weighted by Gasteiger charge is 2.34. The van der Waals surface area contributed by atoms with Gasteiger partial charge < -0.3 is 14.8 Å². The maximum absolute atomic E-state index is 13.1. The number of amides is 2. The standard InChI is InChI=1S/C23H23Cl2N5O2S/c1-2-29-21(19-8-5-13-30(19)22(32)15-9-11-16(24)12-10-15)27-28-23(29)33-14-20(31)26-18-7-4-3-6-17(18)25/h3-4,6-7,9-12,19H,2,5,8,13-14H2,1H3,(H,26,31). The van der Waals surface area contributed by atoms with Gasteiger partial charge in [0.25, 0.3) is 5.91 Å². The molecule has 1 N–H and O–H groups in total. The van der Waals surface area contributed by atoms with Crippen molar-refractivity contribution in [1.29, 1.82) is 0 Å². The lowest BCUT2D eigenvalue weighted by atomic mass is 10.1. The molecule has 1 aliphatic heterocycles. The van der Waals surface area contributed by atoms with Gasteiger partial charge in [0.2, 0.25) is 5.91 Å². The van der Waals surface area contributed by atoms with Gasteiger partial charge in [-0.3, -0.25) is 9.59 Å². The largest absolute Gasteiger partial charge is 0.328 e. The Labute approximate surface area is 206 Å². The van der Waals surface area contributed by atoms with Crippen molar-refractivity contribution in [3.8, 4) is 0 Å². The van der Waals surface area contributed by atoms with Gasteiger partial charge in [0, 0.05) is 23.7 Å². The Morgan fingerprint density at radius 1 is 1.12 bits per heavy atom. The third-order valence-electron chi connectivity index (χ3n) is 5.44. The van der Waals surface area contributed by atoms with Gasteiger partial charge in [0.15, 0.2) is 11.0 Å². The summed E-state index contributed by atoms with van der Waals surface area (Å²) in [6.45, 7) is 3.29. The molecule has 1 fully saturated rings. The van der Waals surface area contributed by atoms with Crippen molar-refractivity contribution in [1.82, 2.24) is 19.7 Å². The van der Waals surface area contributed by atoms with Crippen LogP contribution in [0.4, 0.5) is 5.69 Å². The predicted octanol–water partition coefficient (Wildman–Crippen LogP) is 5.31. The minimum atomic E-state index is -0.180. The van der Waals surface area contributed by atoms with Crippen LogP contribution in [-0.4, -0.2) is 43.8 Å². The maximum atomic E-state index is 13.1. The van der Waals surface area contributed by atoms with Gasteiger partial charge in [-0.1, -0.05) is 47.1 Å². The molecule has 1 aromatic heterocycles. The van der Waals surface area contributed by atoms with Crippen molar-refractivity contribution in [2.45, 2.75) is 37.5 Å². The van der Waals surface area contributed by atoms with Gasteiger partial charge >= 0.3 is 0 Å². The molecule has 0 aliphatic carbocycles. The average molecular weight is 504 g/mol. The first kappa shape index (κ1) is 23.6. The Morgan fingerprint density at radius 2 is 1.88 bits per heavy atom. The molecule has 1 atom stereocenters. The molecule has 2 aromatic carbocycles. The first-order chi connectivity index (χ1) is 16.0. The van der Waals surface area contributed by atoms with Crippen LogP contribution < -0.4 is 5.32 Å². The highest BCUT2D eigenvalue weighted by atomic mass is 35.5. The molecular weight excluding hydrogens is 481 g/mol. The summed E-state index contributed by atoms with van der Waals surface area (Å²) in [5.41, 5.74) is 1.17. The highest BCUT2D eigenvalue weighted by molar-refractivity contribution is 7.99. The molecule has 2 amide bonds. The maximum Gasteiger partial charge on any atom is 0.254 e. The molecule has 3 aromatic rings. The number of anilines is 1. The van der Waals surface area contributed by atoms with E-state index in [4.69, 9.17) is 23.2 Å². The van der Waals surface area contributed by atoms with Gasteiger partial charge in [0.1, 0.15) is 0 Å². The summed E-state index contributed by atoms with van der Waals surface area (Å²) in [5.74, 6) is 0.682. The van der Waals surface area contributed by atoms with E-state index in [1.54, 1.807) is 36.4 Å². The molecule has 0 spiro atoms. The van der Waals surface area contributed by atoms with E-state index in [1.807, 2.05) is 28.5 Å². The fourth-order valence-corrected chi connectivity index (χ4v) is 4.98. The molecule has 4 rings (SSSR count). The van der Waals surface area contributed by atoms with Gasteiger partial charge in [-0.15, -0.1) is 10.2 Å². The summed E-state index contributed by atoms with van der Waals surface area (Å²) < 4.78 is 1.98. The van der Waals surface area contributed by atoms with Crippen LogP contribution in [0.1, 0.15) is 42.0 Å². The Hall–Kier alpha value is -2.55. The third kappa shape index (κ3) is 5.34. The number of para-hydroxylation sites is 1. The Bertz CT molecular complexity index is 1150. The number of carbonyl (C=O) groups is 2. The fourth-order valence-electron chi connectivity index (χ4n) is 3.87. The molecule has 7 nitrogen and oxygen atoms in total. The number of thioether (sulfide) groups is 1. The number of rotatable bonds is 7. The minimum Gasteiger partial charge on any atom is -0.328 e. The smallest absolute Gasteiger partial charge is 0.254 e. The van der Waals surface area contributed by atoms with Crippen molar-refractivity contribution in [2.75, 3.05) is 17.6 Å². The van der Waals surface area contributed by atoms with Crippen LogP contribution in [0, 0.1) is 0 Å². The second-order valence-electron chi connectivity index (χ2n) is 7.57. The molecule has 33 heavy (non-hydrogen) atoms. The summed E-state index contributed by atoms with van der Waals surface area (Å²) in [5, 5.41) is 13.3. The summed E-state index contributed by atoms with van der Waals surface area (Å²) in [6, 6.07) is 13.9. The van der Waals surface area contributed by atoms with E-state index in [2.05, 4.69) is 15.5 Å². The first-order valence-corrected chi connectivity index (χ1v) is 12.4. The van der Waals surface area contributed by atoms with Gasteiger partial charge in [-0.25, -0.2) is 0 Å². The minimum absolute atomic E-state index is 0.0480. The lowest BCUT2D eigenvalue weighted by molar-refractivity contribution is -0.113. The quantitative estimate of drug-likeness (QED) is 0.441. The number of benzene rings is 2. The van der Waals surface area contributed by atoms with Crippen LogP contribution in [0.3, 0.4) is 0 Å². The molecule has 1 saturated heterocycles. The highest BCUT2D eigenvalue weighted by Crippen LogP contribution is 2.34. The second kappa shape index (κ2) is 10.6. The Morgan fingerprint density at radius 3 is 2.61 bits per heavy atom. The van der Waals surface area contributed by atoms with E-state index < -0.39 is 0 Å². The number of hydrogen-bond acceptors (Lipinski definition) is 5. The molecular formula is C23H23Cl2N5O2S. The van der Waals surface area contributed by atoms with Crippen LogP contribution in [0.25, 0.3) is 0 Å². The summed E-state index contributed by atoms with van der Waals surface area (Å²) >= 11 is 13.4. The van der Waals surface area contributed by atoms with E-state index >= 15 is 0 Å². The van der Waals surface area contributed by atoms with Gasteiger partial charge in [-0.2, -0.15) is 0 Å². The number of likely N-dealkylation sites (tertiary alicyclic amines) is 1. The number of aromatic nitrogens is 3. The van der Waals surface area contributed by atoms with Crippen molar-refractivity contribution in [3.63, 3.8) is 0 Å². The Balaban J connectivity index is 1.46. The number of hydrogen-bond donors (Lipinski definition) is 1. The molecule has 0 saturated carbocycles. The molecule has 2 heterocycles. The Kier molecular flexibility index (Phi) is 7.57. The lowest BCUT2D eigenvalue weighted by Gasteiger charge is -2.24. The normalized spacial score (nSPS) is 15.6. The van der Waals surface area contributed by atoms with Gasteiger partial charge in [0.05, 0.1) is 22.5 Å². The van der Waals surface area contributed by atoms with E-state index in [0.717, 1.165) is 18.7 Å². The predicted molar refractivity (Wildman–Crippen MR) is 131 cm³/mol. The summed E-state index contributed by atoms with van der Waals surface area (Å²) in [6.07, 6.45) is 1.71. The third-order valence-corrected chi connectivity index (χ3v) is 6.99. The molecule has 1 unspecified atom stereocenters. The van der Waals surface area contributed by atoms with Crippen molar-refractivity contribution >= 4 is 52.5 Å². The summed E-state index contributed by atoms with van der Waals surface area (Å²) in [7, 11) is 0. The zero-order chi connectivity index (χ0) is 23.4. The van der Waals surface area contributed by atoms with Crippen molar-refractivity contribution in [2.24, 2.45) is 0 Å². The van der Waals surface area contributed by atoms with Crippen LogP contribution >= 0.6 is 35.0 Å². The van der Waals surface area contributed by atoms with Crippen molar-refractivity contribution in [3.05, 3.63) is 70.0 Å². The van der Waals surface area contributed by atoms with Crippen LogP contribution in [-0.2, 0) is 11.3 Å². The van der Waals surface area contributed by atoms with Crippen LogP contribution in [0.2, 0.25) is 10.0 Å². The fraction of sp³-hybridized carbons (Fsp3) is 0.304. The van der Waals surface area contributed by atoms with Gasteiger partial charge in [-0.05, 0) is 56.2 Å². The van der Waals surface area contributed by atoms with Crippen LogP contribution in [0.5, 0.6) is 0 Å². The average Bonchev–Trinajstić information content (AvgIpc) is 3.45. The number of carbonyl (C=O) groups excluding carboxylic acids is 2. The van der Waals surface area contributed by atoms with Crippen LogP contribution in [0.15, 0.2) is 53.7 Å². The topological polar surface area (TPSA) is 80.1 Å². The number of halogens is 2. The zero-order valence-electron chi connectivity index (χ0n) is 18.0. The zero-order valence-corrected chi connectivity index (χ0v) is 20.3. The molecule has 0 bridgehead atoms. The van der Waals surface area contributed by atoms with E-state index in [-0.39, 0.29) is 23.6 Å².